The summed E-state index contributed by atoms with van der Waals surface area (Å²) in [5.74, 6) is 2.24. The molecule has 7 nitrogen and oxygen atoms in total. The Balaban J connectivity index is 1.85. The molecule has 2 aromatic rings. The number of nitrogens with zero attached hydrogens (tertiary/aromatic N) is 2. The first-order valence-corrected chi connectivity index (χ1v) is 8.58. The Kier molecular flexibility index (Phi) is 7.20. The standard InChI is InChI=1S/C19H26N4O3/c1-13(2)10-23-19(24)15-11-22-18(12-21-15)20-8-7-14-5-6-16(25-3)17(9-14)26-4/h5-6,9,11-13H,7-8,10H2,1-4H3,(H,20,22)(H,23,24). The van der Waals surface area contributed by atoms with Gasteiger partial charge in [0.25, 0.3) is 5.91 Å². The molecule has 1 aromatic carbocycles. The summed E-state index contributed by atoms with van der Waals surface area (Å²) in [6.45, 7) is 5.38. The zero-order chi connectivity index (χ0) is 18.9. The Labute approximate surface area is 154 Å². The summed E-state index contributed by atoms with van der Waals surface area (Å²) >= 11 is 0. The van der Waals surface area contributed by atoms with Gasteiger partial charge < -0.3 is 20.1 Å². The molecule has 2 rings (SSSR count). The zero-order valence-electron chi connectivity index (χ0n) is 15.7. The Bertz CT molecular complexity index is 717. The van der Waals surface area contributed by atoms with E-state index in [0.29, 0.717) is 42.0 Å². The fourth-order valence-corrected chi connectivity index (χ4v) is 2.30. The van der Waals surface area contributed by atoms with E-state index in [-0.39, 0.29) is 5.91 Å². The Morgan fingerprint density at radius 1 is 1.12 bits per heavy atom. The summed E-state index contributed by atoms with van der Waals surface area (Å²) in [4.78, 5) is 20.3. The van der Waals surface area contributed by atoms with Crippen LogP contribution in [0.4, 0.5) is 5.82 Å². The molecule has 7 heteroatoms. The minimum atomic E-state index is -0.205. The molecule has 0 aliphatic heterocycles. The van der Waals surface area contributed by atoms with Crippen LogP contribution in [0.3, 0.4) is 0 Å². The first-order chi connectivity index (χ1) is 12.5. The number of rotatable bonds is 9. The Hall–Kier alpha value is -2.83. The van der Waals surface area contributed by atoms with Crippen LogP contribution in [0, 0.1) is 5.92 Å². The minimum Gasteiger partial charge on any atom is -0.493 e. The maximum Gasteiger partial charge on any atom is 0.271 e. The van der Waals surface area contributed by atoms with Gasteiger partial charge in [-0.3, -0.25) is 4.79 Å². The van der Waals surface area contributed by atoms with Crippen molar-refractivity contribution in [2.45, 2.75) is 20.3 Å². The van der Waals surface area contributed by atoms with Crippen molar-refractivity contribution in [1.29, 1.82) is 0 Å². The first-order valence-electron chi connectivity index (χ1n) is 8.58. The molecular weight excluding hydrogens is 332 g/mol. The monoisotopic (exact) mass is 358 g/mol. The summed E-state index contributed by atoms with van der Waals surface area (Å²) in [6.07, 6.45) is 3.84. The number of ether oxygens (including phenoxy) is 2. The van der Waals surface area contributed by atoms with Gasteiger partial charge in [0.1, 0.15) is 11.5 Å². The van der Waals surface area contributed by atoms with Gasteiger partial charge in [0.15, 0.2) is 11.5 Å². The Morgan fingerprint density at radius 3 is 2.50 bits per heavy atom. The lowest BCUT2D eigenvalue weighted by Gasteiger charge is -2.10. The van der Waals surface area contributed by atoms with Crippen LogP contribution in [0.15, 0.2) is 30.6 Å². The molecule has 140 valence electrons. The molecule has 0 radical (unpaired) electrons. The molecule has 0 aliphatic rings. The van der Waals surface area contributed by atoms with Crippen molar-refractivity contribution in [3.63, 3.8) is 0 Å². The third kappa shape index (κ3) is 5.61. The number of hydrogen-bond donors (Lipinski definition) is 2. The molecule has 0 unspecified atom stereocenters. The molecule has 1 heterocycles. The number of aromatic nitrogens is 2. The van der Waals surface area contributed by atoms with Crippen LogP contribution in [-0.4, -0.2) is 43.2 Å². The lowest BCUT2D eigenvalue weighted by atomic mass is 10.1. The molecular formula is C19H26N4O3. The van der Waals surface area contributed by atoms with E-state index in [9.17, 15) is 4.79 Å². The summed E-state index contributed by atoms with van der Waals surface area (Å²) in [5, 5.41) is 6.02. The van der Waals surface area contributed by atoms with Crippen molar-refractivity contribution in [2.75, 3.05) is 32.6 Å². The van der Waals surface area contributed by atoms with Gasteiger partial charge in [-0.25, -0.2) is 9.97 Å². The third-order valence-corrected chi connectivity index (χ3v) is 3.72. The third-order valence-electron chi connectivity index (χ3n) is 3.72. The van der Waals surface area contributed by atoms with Crippen LogP contribution in [0.5, 0.6) is 11.5 Å². The van der Waals surface area contributed by atoms with Crippen LogP contribution in [-0.2, 0) is 6.42 Å². The van der Waals surface area contributed by atoms with E-state index in [4.69, 9.17) is 9.47 Å². The fraction of sp³-hybridized carbons (Fsp3) is 0.421. The number of carbonyl (C=O) groups is 1. The van der Waals surface area contributed by atoms with Crippen LogP contribution in [0.2, 0.25) is 0 Å². The largest absolute Gasteiger partial charge is 0.493 e. The molecule has 1 aromatic heterocycles. The second kappa shape index (κ2) is 9.60. The van der Waals surface area contributed by atoms with E-state index >= 15 is 0 Å². The topological polar surface area (TPSA) is 85.4 Å². The van der Waals surface area contributed by atoms with Gasteiger partial charge in [-0.2, -0.15) is 0 Å². The zero-order valence-corrected chi connectivity index (χ0v) is 15.7. The maximum atomic E-state index is 11.9. The first kappa shape index (κ1) is 19.5. The van der Waals surface area contributed by atoms with Gasteiger partial charge in [-0.15, -0.1) is 0 Å². The average Bonchev–Trinajstić information content (AvgIpc) is 2.66. The van der Waals surface area contributed by atoms with Crippen LogP contribution < -0.4 is 20.1 Å². The molecule has 0 fully saturated rings. The van der Waals surface area contributed by atoms with E-state index in [1.165, 1.54) is 6.20 Å². The lowest BCUT2D eigenvalue weighted by molar-refractivity contribution is 0.0943. The van der Waals surface area contributed by atoms with E-state index < -0.39 is 0 Å². The quantitative estimate of drug-likeness (QED) is 0.716. The molecule has 26 heavy (non-hydrogen) atoms. The predicted molar refractivity (Wildman–Crippen MR) is 101 cm³/mol. The van der Waals surface area contributed by atoms with E-state index in [2.05, 4.69) is 20.6 Å². The summed E-state index contributed by atoms with van der Waals surface area (Å²) in [6, 6.07) is 5.84. The van der Waals surface area contributed by atoms with Gasteiger partial charge in [0, 0.05) is 13.1 Å². The van der Waals surface area contributed by atoms with Crippen molar-refractivity contribution >= 4 is 11.7 Å². The normalized spacial score (nSPS) is 10.5. The molecule has 1 amide bonds. The maximum absolute atomic E-state index is 11.9. The van der Waals surface area contributed by atoms with Crippen molar-refractivity contribution in [1.82, 2.24) is 15.3 Å². The highest BCUT2D eigenvalue weighted by atomic mass is 16.5. The molecule has 0 saturated heterocycles. The summed E-state index contributed by atoms with van der Waals surface area (Å²) in [5.41, 5.74) is 1.43. The highest BCUT2D eigenvalue weighted by Crippen LogP contribution is 2.27. The summed E-state index contributed by atoms with van der Waals surface area (Å²) < 4.78 is 10.5. The van der Waals surface area contributed by atoms with Crippen LogP contribution in [0.25, 0.3) is 0 Å². The van der Waals surface area contributed by atoms with Gasteiger partial charge >= 0.3 is 0 Å². The molecule has 0 saturated carbocycles. The summed E-state index contributed by atoms with van der Waals surface area (Å²) in [7, 11) is 3.23. The van der Waals surface area contributed by atoms with Gasteiger partial charge in [-0.05, 0) is 30.0 Å². The second-order valence-electron chi connectivity index (χ2n) is 6.26. The van der Waals surface area contributed by atoms with E-state index in [1.807, 2.05) is 32.0 Å². The second-order valence-corrected chi connectivity index (χ2v) is 6.26. The van der Waals surface area contributed by atoms with Crippen LogP contribution >= 0.6 is 0 Å². The minimum absolute atomic E-state index is 0.205. The van der Waals surface area contributed by atoms with Crippen LogP contribution in [0.1, 0.15) is 29.9 Å². The lowest BCUT2D eigenvalue weighted by Crippen LogP contribution is -2.28. The number of methoxy groups -OCH3 is 2. The molecule has 0 spiro atoms. The van der Waals surface area contributed by atoms with Crippen molar-refractivity contribution in [3.05, 3.63) is 41.9 Å². The van der Waals surface area contributed by atoms with Crippen molar-refractivity contribution in [3.8, 4) is 11.5 Å². The molecule has 2 N–H and O–H groups in total. The van der Waals surface area contributed by atoms with E-state index in [0.717, 1.165) is 12.0 Å². The van der Waals surface area contributed by atoms with Crippen molar-refractivity contribution in [2.24, 2.45) is 5.92 Å². The Morgan fingerprint density at radius 2 is 1.88 bits per heavy atom. The average molecular weight is 358 g/mol. The number of nitrogens with one attached hydrogen (secondary N) is 2. The number of hydrogen-bond acceptors (Lipinski definition) is 6. The fourth-order valence-electron chi connectivity index (χ4n) is 2.30. The van der Waals surface area contributed by atoms with Gasteiger partial charge in [0.05, 0.1) is 26.6 Å². The number of benzene rings is 1. The number of carbonyl (C=O) groups excluding carboxylic acids is 1. The predicted octanol–water partition coefficient (Wildman–Crippen LogP) is 2.53. The molecule has 0 bridgehead atoms. The smallest absolute Gasteiger partial charge is 0.271 e. The molecule has 0 aliphatic carbocycles. The highest BCUT2D eigenvalue weighted by molar-refractivity contribution is 5.91. The highest BCUT2D eigenvalue weighted by Gasteiger charge is 2.08. The SMILES string of the molecule is COc1ccc(CCNc2cnc(C(=O)NCC(C)C)cn2)cc1OC. The number of anilines is 1. The molecule has 0 atom stereocenters. The van der Waals surface area contributed by atoms with Gasteiger partial charge in [-0.1, -0.05) is 19.9 Å². The number of amides is 1. The van der Waals surface area contributed by atoms with E-state index in [1.54, 1.807) is 20.4 Å². The van der Waals surface area contributed by atoms with Crippen molar-refractivity contribution < 1.29 is 14.3 Å². The van der Waals surface area contributed by atoms with Gasteiger partial charge in [0.2, 0.25) is 0 Å².